The minimum atomic E-state index is 0.465. The maximum absolute atomic E-state index is 3.44. The molecule has 1 saturated heterocycles. The Morgan fingerprint density at radius 1 is 1.17 bits per heavy atom. The summed E-state index contributed by atoms with van der Waals surface area (Å²) >= 11 is 3.77. The van der Waals surface area contributed by atoms with Crippen molar-refractivity contribution in [2.45, 2.75) is 13.0 Å². The van der Waals surface area contributed by atoms with E-state index in [1.54, 1.807) is 0 Å². The van der Waals surface area contributed by atoms with Crippen molar-refractivity contribution in [2.75, 3.05) is 26.2 Å². The van der Waals surface area contributed by atoms with Gasteiger partial charge < -0.3 is 5.32 Å². The Hall–Kier alpha value is -0.680. The van der Waals surface area contributed by atoms with Gasteiger partial charge in [-0.3, -0.25) is 4.90 Å². The number of nitrogens with one attached hydrogen (secondary N) is 1. The van der Waals surface area contributed by atoms with Gasteiger partial charge in [0.15, 0.2) is 0 Å². The Bertz CT molecular complexity index is 484. The lowest BCUT2D eigenvalue weighted by Crippen LogP contribution is -2.45. The third-order valence-electron chi connectivity index (χ3n) is 3.48. The minimum Gasteiger partial charge on any atom is -0.314 e. The lowest BCUT2D eigenvalue weighted by atomic mass is 10.1. The van der Waals surface area contributed by atoms with Crippen LogP contribution in [0.25, 0.3) is 0 Å². The largest absolute Gasteiger partial charge is 0.314 e. The number of rotatable bonds is 3. The van der Waals surface area contributed by atoms with E-state index in [1.165, 1.54) is 15.3 Å². The topological polar surface area (TPSA) is 15.3 Å². The quantitative estimate of drug-likeness (QED) is 0.928. The minimum absolute atomic E-state index is 0.465. The molecule has 2 aromatic rings. The molecule has 0 amide bonds. The van der Waals surface area contributed by atoms with Gasteiger partial charge in [0, 0.05) is 35.9 Å². The van der Waals surface area contributed by atoms with E-state index in [0.717, 1.165) is 26.2 Å². The zero-order valence-corrected chi connectivity index (χ0v) is 12.2. The fourth-order valence-electron chi connectivity index (χ4n) is 2.53. The first-order valence-electron chi connectivity index (χ1n) is 6.38. The SMILES string of the molecule is Cc1ccsc1C(c1cccs1)N1CCNCC1. The van der Waals surface area contributed by atoms with E-state index in [-0.39, 0.29) is 0 Å². The van der Waals surface area contributed by atoms with Crippen LogP contribution >= 0.6 is 22.7 Å². The molecule has 2 aromatic heterocycles. The fraction of sp³-hybridized carbons (Fsp3) is 0.429. The van der Waals surface area contributed by atoms with Crippen LogP contribution in [0.4, 0.5) is 0 Å². The number of piperazine rings is 1. The molecule has 0 saturated carbocycles. The second kappa shape index (κ2) is 5.53. The van der Waals surface area contributed by atoms with Gasteiger partial charge in [-0.1, -0.05) is 6.07 Å². The Labute approximate surface area is 116 Å². The van der Waals surface area contributed by atoms with Crippen LogP contribution in [0.3, 0.4) is 0 Å². The molecule has 0 bridgehead atoms. The van der Waals surface area contributed by atoms with Crippen LogP contribution in [-0.2, 0) is 0 Å². The van der Waals surface area contributed by atoms with E-state index in [2.05, 4.69) is 46.1 Å². The van der Waals surface area contributed by atoms with Crippen LogP contribution in [-0.4, -0.2) is 31.1 Å². The van der Waals surface area contributed by atoms with Crippen LogP contribution in [0.5, 0.6) is 0 Å². The average Bonchev–Trinajstić information content (AvgIpc) is 3.05. The molecule has 0 radical (unpaired) electrons. The summed E-state index contributed by atoms with van der Waals surface area (Å²) in [5.74, 6) is 0. The molecule has 1 N–H and O–H groups in total. The van der Waals surface area contributed by atoms with Crippen LogP contribution in [0.1, 0.15) is 21.4 Å². The van der Waals surface area contributed by atoms with Gasteiger partial charge in [-0.25, -0.2) is 0 Å². The molecule has 1 fully saturated rings. The van der Waals surface area contributed by atoms with Gasteiger partial charge >= 0.3 is 0 Å². The summed E-state index contributed by atoms with van der Waals surface area (Å²) in [6, 6.07) is 7.14. The molecule has 3 rings (SSSR count). The first-order valence-corrected chi connectivity index (χ1v) is 8.14. The van der Waals surface area contributed by atoms with Gasteiger partial charge in [0.1, 0.15) is 0 Å². The summed E-state index contributed by atoms with van der Waals surface area (Å²) in [5, 5.41) is 7.84. The Balaban J connectivity index is 1.96. The van der Waals surface area contributed by atoms with E-state index in [1.807, 2.05) is 22.7 Å². The highest BCUT2D eigenvalue weighted by molar-refractivity contribution is 7.11. The molecule has 0 aliphatic carbocycles. The van der Waals surface area contributed by atoms with Crippen molar-refractivity contribution in [3.05, 3.63) is 44.3 Å². The smallest absolute Gasteiger partial charge is 0.0793 e. The number of hydrogen-bond acceptors (Lipinski definition) is 4. The average molecular weight is 278 g/mol. The molecule has 2 nitrogen and oxygen atoms in total. The van der Waals surface area contributed by atoms with Crippen molar-refractivity contribution >= 4 is 22.7 Å². The Kier molecular flexibility index (Phi) is 3.80. The Morgan fingerprint density at radius 3 is 2.61 bits per heavy atom. The van der Waals surface area contributed by atoms with Crippen molar-refractivity contribution in [3.63, 3.8) is 0 Å². The summed E-state index contributed by atoms with van der Waals surface area (Å²) in [7, 11) is 0. The molecular weight excluding hydrogens is 260 g/mol. The number of thiophene rings is 2. The van der Waals surface area contributed by atoms with E-state index in [4.69, 9.17) is 0 Å². The molecule has 1 aliphatic rings. The third kappa shape index (κ3) is 2.38. The maximum atomic E-state index is 3.44. The lowest BCUT2D eigenvalue weighted by Gasteiger charge is -2.34. The number of aryl methyl sites for hydroxylation is 1. The highest BCUT2D eigenvalue weighted by Gasteiger charge is 2.26. The van der Waals surface area contributed by atoms with Crippen molar-refractivity contribution in [2.24, 2.45) is 0 Å². The van der Waals surface area contributed by atoms with Gasteiger partial charge in [-0.05, 0) is 35.4 Å². The van der Waals surface area contributed by atoms with E-state index in [9.17, 15) is 0 Å². The second-order valence-corrected chi connectivity index (χ2v) is 6.60. The van der Waals surface area contributed by atoms with Gasteiger partial charge in [-0.2, -0.15) is 0 Å². The van der Waals surface area contributed by atoms with Crippen molar-refractivity contribution in [3.8, 4) is 0 Å². The summed E-state index contributed by atoms with van der Waals surface area (Å²) < 4.78 is 0. The van der Waals surface area contributed by atoms with E-state index >= 15 is 0 Å². The fourth-order valence-corrected chi connectivity index (χ4v) is 4.55. The highest BCUT2D eigenvalue weighted by atomic mass is 32.1. The molecule has 1 atom stereocenters. The molecule has 0 aromatic carbocycles. The van der Waals surface area contributed by atoms with E-state index < -0.39 is 0 Å². The zero-order valence-electron chi connectivity index (χ0n) is 10.6. The normalized spacial score (nSPS) is 18.9. The monoisotopic (exact) mass is 278 g/mol. The van der Waals surface area contributed by atoms with Crippen LogP contribution in [0, 0.1) is 6.92 Å². The summed E-state index contributed by atoms with van der Waals surface area (Å²) in [6.07, 6.45) is 0. The van der Waals surface area contributed by atoms with Crippen LogP contribution in [0.2, 0.25) is 0 Å². The van der Waals surface area contributed by atoms with Crippen molar-refractivity contribution < 1.29 is 0 Å². The summed E-state index contributed by atoms with van der Waals surface area (Å²) in [6.45, 7) is 6.72. The summed E-state index contributed by atoms with van der Waals surface area (Å²) in [4.78, 5) is 5.60. The highest BCUT2D eigenvalue weighted by Crippen LogP contribution is 2.36. The lowest BCUT2D eigenvalue weighted by molar-refractivity contribution is 0.202. The first-order chi connectivity index (χ1) is 8.86. The van der Waals surface area contributed by atoms with Gasteiger partial charge in [0.05, 0.1) is 6.04 Å². The maximum Gasteiger partial charge on any atom is 0.0793 e. The Morgan fingerprint density at radius 2 is 2.00 bits per heavy atom. The van der Waals surface area contributed by atoms with Gasteiger partial charge in [0.2, 0.25) is 0 Å². The van der Waals surface area contributed by atoms with Crippen LogP contribution in [0.15, 0.2) is 29.0 Å². The number of hydrogen-bond donors (Lipinski definition) is 1. The number of nitrogens with zero attached hydrogens (tertiary/aromatic N) is 1. The van der Waals surface area contributed by atoms with E-state index in [0.29, 0.717) is 6.04 Å². The molecule has 1 aliphatic heterocycles. The zero-order chi connectivity index (χ0) is 12.4. The predicted molar refractivity (Wildman–Crippen MR) is 79.7 cm³/mol. The summed E-state index contributed by atoms with van der Waals surface area (Å²) in [5.41, 5.74) is 1.43. The standard InChI is InChI=1S/C14H18N2S2/c1-11-4-10-18-14(11)13(12-3-2-9-17-12)16-7-5-15-6-8-16/h2-4,9-10,13,15H,5-8H2,1H3. The predicted octanol–water partition coefficient (Wildman–Crippen LogP) is 3.11. The third-order valence-corrected chi connectivity index (χ3v) is 5.48. The van der Waals surface area contributed by atoms with Gasteiger partial charge in [0.25, 0.3) is 0 Å². The van der Waals surface area contributed by atoms with Gasteiger partial charge in [-0.15, -0.1) is 22.7 Å². The van der Waals surface area contributed by atoms with Crippen LogP contribution < -0.4 is 5.32 Å². The molecule has 96 valence electrons. The second-order valence-electron chi connectivity index (χ2n) is 4.67. The molecule has 4 heteroatoms. The molecule has 0 spiro atoms. The molecule has 18 heavy (non-hydrogen) atoms. The molecule has 1 unspecified atom stereocenters. The van der Waals surface area contributed by atoms with Crippen molar-refractivity contribution in [1.29, 1.82) is 0 Å². The van der Waals surface area contributed by atoms with Crippen molar-refractivity contribution in [1.82, 2.24) is 10.2 Å². The molecular formula is C14H18N2S2. The molecule has 3 heterocycles. The first kappa shape index (κ1) is 12.4.